The first-order valence-electron chi connectivity index (χ1n) is 6.67. The van der Waals surface area contributed by atoms with Crippen LogP contribution in [0, 0.1) is 11.3 Å². The number of amidine groups is 1. The van der Waals surface area contributed by atoms with E-state index in [0.29, 0.717) is 18.8 Å². The van der Waals surface area contributed by atoms with Gasteiger partial charge in [0, 0.05) is 12.6 Å². The second-order valence-corrected chi connectivity index (χ2v) is 5.79. The van der Waals surface area contributed by atoms with Gasteiger partial charge in [-0.15, -0.1) is 0 Å². The Morgan fingerprint density at radius 3 is 2.50 bits per heavy atom. The van der Waals surface area contributed by atoms with Gasteiger partial charge in [-0.2, -0.15) is 0 Å². The molecule has 4 fully saturated rings. The van der Waals surface area contributed by atoms with Crippen molar-refractivity contribution in [2.24, 2.45) is 22.2 Å². The minimum absolute atomic E-state index is 0.0567. The highest BCUT2D eigenvalue weighted by molar-refractivity contribution is 6.09. The first-order chi connectivity index (χ1) is 8.65. The lowest BCUT2D eigenvalue weighted by atomic mass is 9.83. The quantitative estimate of drug-likeness (QED) is 0.279. The molecular formula is C12H20N4O2. The van der Waals surface area contributed by atoms with Crippen LogP contribution in [0.15, 0.2) is 5.16 Å². The molecule has 6 heteroatoms. The number of piperidine rings is 3. The van der Waals surface area contributed by atoms with E-state index in [1.165, 1.54) is 12.8 Å². The monoisotopic (exact) mass is 252 g/mol. The molecule has 6 nitrogen and oxygen atoms in total. The smallest absolute Gasteiger partial charge is 0.234 e. The van der Waals surface area contributed by atoms with E-state index in [4.69, 9.17) is 10.9 Å². The van der Waals surface area contributed by atoms with Crippen molar-refractivity contribution in [3.8, 4) is 0 Å². The number of nitrogens with one attached hydrogen (secondary N) is 1. The molecule has 2 bridgehead atoms. The summed E-state index contributed by atoms with van der Waals surface area (Å²) in [7, 11) is 0. The van der Waals surface area contributed by atoms with Crippen LogP contribution in [0.3, 0.4) is 0 Å². The maximum absolute atomic E-state index is 12.3. The van der Waals surface area contributed by atoms with Gasteiger partial charge in [0.15, 0.2) is 5.84 Å². The molecule has 1 atom stereocenters. The molecule has 1 saturated carbocycles. The Labute approximate surface area is 106 Å². The molecule has 4 rings (SSSR count). The summed E-state index contributed by atoms with van der Waals surface area (Å²) in [5, 5.41) is 14.9. The van der Waals surface area contributed by atoms with Crippen LogP contribution in [0.4, 0.5) is 0 Å². The van der Waals surface area contributed by atoms with Crippen molar-refractivity contribution in [2.45, 2.75) is 31.7 Å². The van der Waals surface area contributed by atoms with Crippen molar-refractivity contribution in [1.82, 2.24) is 10.2 Å². The zero-order valence-electron chi connectivity index (χ0n) is 10.4. The Morgan fingerprint density at radius 2 is 2.06 bits per heavy atom. The molecule has 3 heterocycles. The maximum atomic E-state index is 12.3. The fourth-order valence-electron chi connectivity index (χ4n) is 3.26. The standard InChI is InChI=1S/C12H20N4O2/c13-10(15-18)12(3-4-12)11(17)14-9-7-16-5-1-8(9)2-6-16/h8-9,18H,1-7H2,(H2,13,15)(H,14,17). The van der Waals surface area contributed by atoms with Gasteiger partial charge in [0.25, 0.3) is 0 Å². The van der Waals surface area contributed by atoms with Crippen molar-refractivity contribution in [1.29, 1.82) is 0 Å². The van der Waals surface area contributed by atoms with Crippen molar-refractivity contribution in [3.63, 3.8) is 0 Å². The highest BCUT2D eigenvalue weighted by Gasteiger charge is 2.55. The Hall–Kier alpha value is -1.30. The van der Waals surface area contributed by atoms with E-state index >= 15 is 0 Å². The summed E-state index contributed by atoms with van der Waals surface area (Å²) in [6.07, 6.45) is 3.72. The lowest BCUT2D eigenvalue weighted by Crippen LogP contribution is -2.59. The summed E-state index contributed by atoms with van der Waals surface area (Å²) in [4.78, 5) is 14.7. The Bertz CT molecular complexity index is 384. The van der Waals surface area contributed by atoms with Crippen LogP contribution >= 0.6 is 0 Å². The fourth-order valence-corrected chi connectivity index (χ4v) is 3.26. The molecule has 1 amide bonds. The topological polar surface area (TPSA) is 91.0 Å². The van der Waals surface area contributed by atoms with Gasteiger partial charge < -0.3 is 21.2 Å². The van der Waals surface area contributed by atoms with Crippen molar-refractivity contribution >= 4 is 11.7 Å². The average Bonchev–Trinajstić information content (AvgIpc) is 3.21. The highest BCUT2D eigenvalue weighted by atomic mass is 16.4. The summed E-state index contributed by atoms with van der Waals surface area (Å²) in [6, 6.07) is 0.240. The lowest BCUT2D eigenvalue weighted by molar-refractivity contribution is -0.126. The molecule has 18 heavy (non-hydrogen) atoms. The maximum Gasteiger partial charge on any atom is 0.234 e. The molecule has 1 unspecified atom stereocenters. The predicted octanol–water partition coefficient (Wildman–Crippen LogP) is -0.277. The van der Waals surface area contributed by atoms with Crippen LogP contribution in [-0.2, 0) is 4.79 Å². The molecule has 1 aliphatic carbocycles. The first-order valence-corrected chi connectivity index (χ1v) is 6.67. The summed E-state index contributed by atoms with van der Waals surface area (Å²) >= 11 is 0. The molecule has 3 aliphatic heterocycles. The number of rotatable bonds is 3. The molecule has 0 radical (unpaired) electrons. The van der Waals surface area contributed by atoms with E-state index in [0.717, 1.165) is 19.6 Å². The van der Waals surface area contributed by atoms with E-state index in [1.807, 2.05) is 0 Å². The highest BCUT2D eigenvalue weighted by Crippen LogP contribution is 2.46. The SMILES string of the molecule is NC(=NO)C1(C(=O)NC2CN3CCC2CC3)CC1. The van der Waals surface area contributed by atoms with Crippen LogP contribution in [0.1, 0.15) is 25.7 Å². The van der Waals surface area contributed by atoms with Crippen LogP contribution in [-0.4, -0.2) is 47.5 Å². The Balaban J connectivity index is 1.65. The number of fused-ring (bicyclic) bond motifs is 3. The lowest BCUT2D eigenvalue weighted by Gasteiger charge is -2.45. The number of nitrogens with zero attached hydrogens (tertiary/aromatic N) is 2. The Kier molecular flexibility index (Phi) is 2.69. The van der Waals surface area contributed by atoms with Gasteiger partial charge in [-0.05, 0) is 44.7 Å². The molecule has 0 aromatic carbocycles. The van der Waals surface area contributed by atoms with Crippen molar-refractivity contribution in [2.75, 3.05) is 19.6 Å². The van der Waals surface area contributed by atoms with Crippen molar-refractivity contribution < 1.29 is 10.0 Å². The zero-order valence-corrected chi connectivity index (χ0v) is 10.4. The van der Waals surface area contributed by atoms with Gasteiger partial charge in [-0.3, -0.25) is 4.79 Å². The normalized spacial score (nSPS) is 37.3. The van der Waals surface area contributed by atoms with Crippen molar-refractivity contribution in [3.05, 3.63) is 0 Å². The number of oxime groups is 1. The third-order valence-corrected chi connectivity index (χ3v) is 4.76. The van der Waals surface area contributed by atoms with E-state index in [2.05, 4.69) is 15.4 Å². The van der Waals surface area contributed by atoms with Crippen LogP contribution in [0.25, 0.3) is 0 Å². The number of hydrogen-bond donors (Lipinski definition) is 3. The number of carbonyl (C=O) groups is 1. The summed E-state index contributed by atoms with van der Waals surface area (Å²) in [6.45, 7) is 3.26. The van der Waals surface area contributed by atoms with Gasteiger partial charge in [-0.25, -0.2) is 0 Å². The summed E-state index contributed by atoms with van der Waals surface area (Å²) in [5.41, 5.74) is 4.90. The number of carbonyl (C=O) groups excluding carboxylic acids is 1. The minimum Gasteiger partial charge on any atom is -0.409 e. The molecular weight excluding hydrogens is 232 g/mol. The second-order valence-electron chi connectivity index (χ2n) is 5.79. The van der Waals surface area contributed by atoms with Gasteiger partial charge in [0.05, 0.1) is 0 Å². The van der Waals surface area contributed by atoms with E-state index in [-0.39, 0.29) is 17.8 Å². The fraction of sp³-hybridized carbons (Fsp3) is 0.833. The Morgan fingerprint density at radius 1 is 1.39 bits per heavy atom. The zero-order chi connectivity index (χ0) is 12.8. The van der Waals surface area contributed by atoms with Gasteiger partial charge >= 0.3 is 0 Å². The molecule has 100 valence electrons. The van der Waals surface area contributed by atoms with Crippen LogP contribution in [0.5, 0.6) is 0 Å². The largest absolute Gasteiger partial charge is 0.409 e. The molecule has 0 spiro atoms. The number of hydrogen-bond acceptors (Lipinski definition) is 4. The minimum atomic E-state index is -0.721. The van der Waals surface area contributed by atoms with Gasteiger partial charge in [0.2, 0.25) is 5.91 Å². The van der Waals surface area contributed by atoms with E-state index < -0.39 is 5.41 Å². The average molecular weight is 252 g/mol. The second kappa shape index (κ2) is 4.12. The number of nitrogens with two attached hydrogens (primary N) is 1. The molecule has 3 saturated heterocycles. The summed E-state index contributed by atoms with van der Waals surface area (Å²) in [5.74, 6) is 0.597. The third-order valence-electron chi connectivity index (χ3n) is 4.76. The predicted molar refractivity (Wildman–Crippen MR) is 66.2 cm³/mol. The molecule has 0 aromatic heterocycles. The molecule has 0 aromatic rings. The van der Waals surface area contributed by atoms with E-state index in [1.54, 1.807) is 0 Å². The van der Waals surface area contributed by atoms with Crippen LogP contribution in [0.2, 0.25) is 0 Å². The first kappa shape index (κ1) is 11.8. The third kappa shape index (κ3) is 1.75. The number of amides is 1. The van der Waals surface area contributed by atoms with Gasteiger partial charge in [-0.1, -0.05) is 5.16 Å². The molecule has 4 N–H and O–H groups in total. The van der Waals surface area contributed by atoms with Gasteiger partial charge in [0.1, 0.15) is 5.41 Å². The van der Waals surface area contributed by atoms with E-state index in [9.17, 15) is 4.79 Å². The molecule has 4 aliphatic rings. The van der Waals surface area contributed by atoms with Crippen LogP contribution < -0.4 is 11.1 Å². The summed E-state index contributed by atoms with van der Waals surface area (Å²) < 4.78 is 0.